The predicted molar refractivity (Wildman–Crippen MR) is 72.7 cm³/mol. The SMILES string of the molecule is CC(=O)N1CCSc2ccc3ccccc3c21. The molecule has 86 valence electrons. The molecule has 2 aromatic rings. The number of hydrogen-bond donors (Lipinski definition) is 0. The van der Waals surface area contributed by atoms with E-state index in [-0.39, 0.29) is 5.91 Å². The van der Waals surface area contributed by atoms with Crippen LogP contribution in [0.5, 0.6) is 0 Å². The smallest absolute Gasteiger partial charge is 0.223 e. The standard InChI is InChI=1S/C14H13NOS/c1-10(16)15-8-9-17-13-7-6-11-4-2-3-5-12(11)14(13)15/h2-7H,8-9H2,1H3. The molecule has 0 aliphatic carbocycles. The highest BCUT2D eigenvalue weighted by molar-refractivity contribution is 7.99. The zero-order chi connectivity index (χ0) is 11.8. The van der Waals surface area contributed by atoms with Gasteiger partial charge >= 0.3 is 0 Å². The van der Waals surface area contributed by atoms with E-state index in [1.54, 1.807) is 6.92 Å². The van der Waals surface area contributed by atoms with Crippen LogP contribution in [0.1, 0.15) is 6.92 Å². The number of fused-ring (bicyclic) bond motifs is 3. The molecule has 0 spiro atoms. The van der Waals surface area contributed by atoms with Gasteiger partial charge in [0.2, 0.25) is 5.91 Å². The minimum Gasteiger partial charge on any atom is -0.310 e. The quantitative estimate of drug-likeness (QED) is 0.707. The molecule has 2 nitrogen and oxygen atoms in total. The van der Waals surface area contributed by atoms with E-state index in [1.165, 1.54) is 15.7 Å². The van der Waals surface area contributed by atoms with Crippen LogP contribution in [0.4, 0.5) is 5.69 Å². The first kappa shape index (κ1) is 10.7. The Hall–Kier alpha value is -1.48. The first-order valence-corrected chi connectivity index (χ1v) is 6.68. The number of anilines is 1. The second kappa shape index (κ2) is 4.08. The molecular formula is C14H13NOS. The molecule has 0 aromatic heterocycles. The van der Waals surface area contributed by atoms with Crippen LogP contribution in [0.3, 0.4) is 0 Å². The Morgan fingerprint density at radius 3 is 2.88 bits per heavy atom. The molecule has 2 aromatic carbocycles. The monoisotopic (exact) mass is 243 g/mol. The Morgan fingerprint density at radius 1 is 1.24 bits per heavy atom. The number of nitrogens with zero attached hydrogens (tertiary/aromatic N) is 1. The molecule has 0 unspecified atom stereocenters. The van der Waals surface area contributed by atoms with Crippen molar-refractivity contribution in [1.82, 2.24) is 0 Å². The van der Waals surface area contributed by atoms with Crippen molar-refractivity contribution in [2.75, 3.05) is 17.2 Å². The summed E-state index contributed by atoms with van der Waals surface area (Å²) < 4.78 is 0. The topological polar surface area (TPSA) is 20.3 Å². The van der Waals surface area contributed by atoms with E-state index >= 15 is 0 Å². The molecule has 17 heavy (non-hydrogen) atoms. The Morgan fingerprint density at radius 2 is 2.06 bits per heavy atom. The minimum atomic E-state index is 0.128. The predicted octanol–water partition coefficient (Wildman–Crippen LogP) is 3.30. The summed E-state index contributed by atoms with van der Waals surface area (Å²) in [4.78, 5) is 14.8. The van der Waals surface area contributed by atoms with Crippen LogP contribution in [0.2, 0.25) is 0 Å². The fraction of sp³-hybridized carbons (Fsp3) is 0.214. The van der Waals surface area contributed by atoms with Gasteiger partial charge < -0.3 is 4.90 Å². The van der Waals surface area contributed by atoms with Crippen LogP contribution in [0.15, 0.2) is 41.3 Å². The minimum absolute atomic E-state index is 0.128. The van der Waals surface area contributed by atoms with Crippen molar-refractivity contribution < 1.29 is 4.79 Å². The summed E-state index contributed by atoms with van der Waals surface area (Å²) >= 11 is 1.83. The average Bonchev–Trinajstić information content (AvgIpc) is 2.37. The fourth-order valence-corrected chi connectivity index (χ4v) is 3.32. The van der Waals surface area contributed by atoms with Crippen molar-refractivity contribution in [3.05, 3.63) is 36.4 Å². The van der Waals surface area contributed by atoms with Crippen LogP contribution in [0, 0.1) is 0 Å². The molecule has 0 saturated heterocycles. The van der Waals surface area contributed by atoms with E-state index in [9.17, 15) is 4.79 Å². The lowest BCUT2D eigenvalue weighted by Gasteiger charge is -2.29. The van der Waals surface area contributed by atoms with Crippen LogP contribution < -0.4 is 4.90 Å². The maximum Gasteiger partial charge on any atom is 0.223 e. The summed E-state index contributed by atoms with van der Waals surface area (Å²) in [6.07, 6.45) is 0. The summed E-state index contributed by atoms with van der Waals surface area (Å²) in [6, 6.07) is 12.5. The molecule has 1 amide bonds. The summed E-state index contributed by atoms with van der Waals surface area (Å²) in [7, 11) is 0. The molecular weight excluding hydrogens is 230 g/mol. The van der Waals surface area contributed by atoms with Gasteiger partial charge in [-0.25, -0.2) is 0 Å². The Kier molecular flexibility index (Phi) is 2.56. The van der Waals surface area contributed by atoms with Gasteiger partial charge in [0.05, 0.1) is 5.69 Å². The highest BCUT2D eigenvalue weighted by atomic mass is 32.2. The lowest BCUT2D eigenvalue weighted by atomic mass is 10.1. The van der Waals surface area contributed by atoms with Gasteiger partial charge in [0.25, 0.3) is 0 Å². The van der Waals surface area contributed by atoms with Crippen molar-refractivity contribution >= 4 is 34.1 Å². The zero-order valence-corrected chi connectivity index (χ0v) is 10.5. The molecule has 1 aliphatic rings. The molecule has 3 heteroatoms. The van der Waals surface area contributed by atoms with Crippen LogP contribution in [-0.2, 0) is 4.79 Å². The first-order valence-electron chi connectivity index (χ1n) is 5.70. The average molecular weight is 243 g/mol. The highest BCUT2D eigenvalue weighted by Crippen LogP contribution is 2.40. The number of hydrogen-bond acceptors (Lipinski definition) is 2. The van der Waals surface area contributed by atoms with Gasteiger partial charge in [-0.05, 0) is 11.5 Å². The third-order valence-corrected chi connectivity index (χ3v) is 4.11. The molecule has 1 heterocycles. The number of rotatable bonds is 0. The lowest BCUT2D eigenvalue weighted by molar-refractivity contribution is -0.116. The van der Waals surface area contributed by atoms with Crippen LogP contribution in [0.25, 0.3) is 10.8 Å². The summed E-state index contributed by atoms with van der Waals surface area (Å²) in [5.74, 6) is 1.10. The van der Waals surface area contributed by atoms with E-state index in [4.69, 9.17) is 0 Å². The maximum atomic E-state index is 11.7. The summed E-state index contributed by atoms with van der Waals surface area (Å²) in [5, 5.41) is 2.37. The van der Waals surface area contributed by atoms with Crippen molar-refractivity contribution in [1.29, 1.82) is 0 Å². The van der Waals surface area contributed by atoms with Crippen LogP contribution >= 0.6 is 11.8 Å². The number of thioether (sulfide) groups is 1. The second-order valence-corrected chi connectivity index (χ2v) is 5.29. The second-order valence-electron chi connectivity index (χ2n) is 4.15. The third kappa shape index (κ3) is 1.71. The largest absolute Gasteiger partial charge is 0.310 e. The molecule has 0 bridgehead atoms. The molecule has 0 fully saturated rings. The van der Waals surface area contributed by atoms with E-state index in [0.717, 1.165) is 18.0 Å². The normalized spacial score (nSPS) is 14.8. The Balaban J connectivity index is 2.31. The third-order valence-electron chi connectivity index (χ3n) is 3.09. The van der Waals surface area contributed by atoms with Gasteiger partial charge in [-0.2, -0.15) is 0 Å². The van der Waals surface area contributed by atoms with E-state index in [2.05, 4.69) is 24.3 Å². The maximum absolute atomic E-state index is 11.7. The number of amides is 1. The van der Waals surface area contributed by atoms with E-state index in [0.29, 0.717) is 0 Å². The van der Waals surface area contributed by atoms with Crippen molar-refractivity contribution in [3.63, 3.8) is 0 Å². The first-order chi connectivity index (χ1) is 8.27. The van der Waals surface area contributed by atoms with Crippen LogP contribution in [-0.4, -0.2) is 18.2 Å². The highest BCUT2D eigenvalue weighted by Gasteiger charge is 2.22. The number of benzene rings is 2. The van der Waals surface area contributed by atoms with Gasteiger partial charge in [0.15, 0.2) is 0 Å². The van der Waals surface area contributed by atoms with Crippen molar-refractivity contribution in [2.24, 2.45) is 0 Å². The Bertz CT molecular complexity index is 594. The van der Waals surface area contributed by atoms with Gasteiger partial charge in [0.1, 0.15) is 0 Å². The number of carbonyl (C=O) groups excluding carboxylic acids is 1. The van der Waals surface area contributed by atoms with Gasteiger partial charge in [-0.1, -0.05) is 30.3 Å². The molecule has 1 aliphatic heterocycles. The molecule has 0 atom stereocenters. The van der Waals surface area contributed by atoms with E-state index < -0.39 is 0 Å². The molecule has 0 N–H and O–H groups in total. The summed E-state index contributed by atoms with van der Waals surface area (Å²) in [6.45, 7) is 2.45. The number of carbonyl (C=O) groups is 1. The zero-order valence-electron chi connectivity index (χ0n) is 9.64. The van der Waals surface area contributed by atoms with Gasteiger partial charge in [0, 0.05) is 29.5 Å². The molecule has 3 rings (SSSR count). The Labute approximate surface area is 105 Å². The molecule has 0 radical (unpaired) electrons. The van der Waals surface area contributed by atoms with E-state index in [1.807, 2.05) is 28.8 Å². The summed E-state index contributed by atoms with van der Waals surface area (Å²) in [5.41, 5.74) is 1.09. The van der Waals surface area contributed by atoms with Crippen molar-refractivity contribution in [3.8, 4) is 0 Å². The lowest BCUT2D eigenvalue weighted by Crippen LogP contribution is -2.33. The van der Waals surface area contributed by atoms with Gasteiger partial charge in [-0.15, -0.1) is 11.8 Å². The molecule has 0 saturated carbocycles. The van der Waals surface area contributed by atoms with Gasteiger partial charge in [-0.3, -0.25) is 4.79 Å². The fourth-order valence-electron chi connectivity index (χ4n) is 2.30. The van der Waals surface area contributed by atoms with Crippen molar-refractivity contribution in [2.45, 2.75) is 11.8 Å².